The van der Waals surface area contributed by atoms with Crippen LogP contribution in [0.4, 0.5) is 5.69 Å². The SMILES string of the molecule is O=C1[C@@H]2[C@@H](C(=O)N1c1ccc(Br)cc1)C1c3ccccc3C2(Br)c2ccccc21. The first-order valence-corrected chi connectivity index (χ1v) is 11.1. The highest BCUT2D eigenvalue weighted by Gasteiger charge is 2.67. The number of rotatable bonds is 1. The van der Waals surface area contributed by atoms with Crippen molar-refractivity contribution in [3.05, 3.63) is 99.5 Å². The van der Waals surface area contributed by atoms with Gasteiger partial charge in [-0.2, -0.15) is 0 Å². The predicted molar refractivity (Wildman–Crippen MR) is 118 cm³/mol. The standard InChI is InChI=1S/C24H15Br2NO2/c25-13-9-11-14(12-10-13)27-22(28)20-19-15-5-1-3-7-17(15)24(26,21(20)23(27)29)18-8-4-2-6-16(18)19/h1-12,19-21H/t19?,20-,21-,24?/m0/s1. The Kier molecular flexibility index (Phi) is 3.58. The van der Waals surface area contributed by atoms with Crippen molar-refractivity contribution in [2.75, 3.05) is 4.90 Å². The zero-order valence-corrected chi connectivity index (χ0v) is 18.4. The summed E-state index contributed by atoms with van der Waals surface area (Å²) >= 11 is 7.44. The molecule has 1 fully saturated rings. The molecule has 7 rings (SSSR count). The van der Waals surface area contributed by atoms with Crippen LogP contribution in [0.15, 0.2) is 77.3 Å². The highest BCUT2D eigenvalue weighted by molar-refractivity contribution is 9.10. The number of halogens is 2. The highest BCUT2D eigenvalue weighted by Crippen LogP contribution is 2.66. The Bertz CT molecular complexity index is 1160. The minimum atomic E-state index is -0.698. The van der Waals surface area contributed by atoms with E-state index in [1.54, 1.807) is 0 Å². The summed E-state index contributed by atoms with van der Waals surface area (Å²) in [4.78, 5) is 28.8. The second-order valence-corrected chi connectivity index (χ2v) is 10.0. The minimum absolute atomic E-state index is 0.108. The third kappa shape index (κ3) is 2.07. The van der Waals surface area contributed by atoms with E-state index < -0.39 is 16.2 Å². The molecule has 29 heavy (non-hydrogen) atoms. The number of nitrogens with zero attached hydrogens (tertiary/aromatic N) is 1. The van der Waals surface area contributed by atoms with Gasteiger partial charge in [-0.3, -0.25) is 9.59 Å². The first-order valence-electron chi connectivity index (χ1n) is 9.54. The molecule has 2 bridgehead atoms. The number of amides is 2. The molecule has 0 unspecified atom stereocenters. The van der Waals surface area contributed by atoms with Gasteiger partial charge >= 0.3 is 0 Å². The van der Waals surface area contributed by atoms with Gasteiger partial charge in [0.25, 0.3) is 0 Å². The van der Waals surface area contributed by atoms with E-state index in [-0.39, 0.29) is 17.7 Å². The van der Waals surface area contributed by atoms with Gasteiger partial charge in [-0.15, -0.1) is 0 Å². The molecular formula is C24H15Br2NO2. The molecule has 3 aromatic rings. The zero-order chi connectivity index (χ0) is 19.9. The molecule has 1 heterocycles. The van der Waals surface area contributed by atoms with E-state index in [2.05, 4.69) is 56.1 Å². The van der Waals surface area contributed by atoms with Crippen LogP contribution in [0.25, 0.3) is 0 Å². The molecule has 0 radical (unpaired) electrons. The van der Waals surface area contributed by atoms with Crippen LogP contribution in [0.5, 0.6) is 0 Å². The Balaban J connectivity index is 1.61. The van der Waals surface area contributed by atoms with Crippen LogP contribution >= 0.6 is 31.9 Å². The second-order valence-electron chi connectivity index (χ2n) is 7.86. The molecule has 0 spiro atoms. The van der Waals surface area contributed by atoms with E-state index in [1.165, 1.54) is 4.90 Å². The van der Waals surface area contributed by atoms with Crippen molar-refractivity contribution >= 4 is 49.4 Å². The molecular weight excluding hydrogens is 494 g/mol. The quantitative estimate of drug-likeness (QED) is 0.328. The van der Waals surface area contributed by atoms with Crippen molar-refractivity contribution < 1.29 is 9.59 Å². The number of hydrogen-bond acceptors (Lipinski definition) is 2. The molecule has 5 heteroatoms. The summed E-state index contributed by atoms with van der Waals surface area (Å²) in [5.41, 5.74) is 5.11. The van der Waals surface area contributed by atoms with E-state index >= 15 is 0 Å². The van der Waals surface area contributed by atoms with Crippen molar-refractivity contribution in [3.63, 3.8) is 0 Å². The molecule has 0 saturated carbocycles. The molecule has 1 saturated heterocycles. The first-order chi connectivity index (χ1) is 14.0. The summed E-state index contributed by atoms with van der Waals surface area (Å²) in [6.45, 7) is 0. The number of anilines is 1. The van der Waals surface area contributed by atoms with E-state index in [0.717, 1.165) is 26.7 Å². The molecule has 4 aliphatic rings. The molecule has 3 nitrogen and oxygen atoms in total. The van der Waals surface area contributed by atoms with Gasteiger partial charge in [0.2, 0.25) is 11.8 Å². The summed E-state index contributed by atoms with van der Waals surface area (Å²) in [6, 6.07) is 23.8. The highest BCUT2D eigenvalue weighted by atomic mass is 79.9. The maximum atomic E-state index is 13.7. The van der Waals surface area contributed by atoms with Gasteiger partial charge in [0.15, 0.2) is 0 Å². The largest absolute Gasteiger partial charge is 0.274 e. The van der Waals surface area contributed by atoms with E-state index in [1.807, 2.05) is 48.5 Å². The Morgan fingerprint density at radius 1 is 0.759 bits per heavy atom. The fraction of sp³-hybridized carbons (Fsp3) is 0.167. The monoisotopic (exact) mass is 507 g/mol. The van der Waals surface area contributed by atoms with Crippen LogP contribution in [0.1, 0.15) is 28.2 Å². The number of alkyl halides is 1. The second kappa shape index (κ2) is 5.89. The lowest BCUT2D eigenvalue weighted by Crippen LogP contribution is -2.50. The molecule has 2 atom stereocenters. The van der Waals surface area contributed by atoms with E-state index in [4.69, 9.17) is 0 Å². The summed E-state index contributed by atoms with van der Waals surface area (Å²) in [6.07, 6.45) is 0. The Labute approximate surface area is 185 Å². The smallest absolute Gasteiger partial charge is 0.239 e. The third-order valence-corrected chi connectivity index (χ3v) is 8.48. The van der Waals surface area contributed by atoms with Crippen LogP contribution in [0.2, 0.25) is 0 Å². The molecule has 142 valence electrons. The Morgan fingerprint density at radius 2 is 1.31 bits per heavy atom. The molecule has 1 aliphatic heterocycles. The number of hydrogen-bond donors (Lipinski definition) is 0. The van der Waals surface area contributed by atoms with E-state index in [0.29, 0.717) is 5.69 Å². The van der Waals surface area contributed by atoms with Gasteiger partial charge in [-0.05, 0) is 46.5 Å². The van der Waals surface area contributed by atoms with Crippen LogP contribution in [0, 0.1) is 11.8 Å². The summed E-state index contributed by atoms with van der Waals surface area (Å²) in [5, 5.41) is 0. The third-order valence-electron chi connectivity index (χ3n) is 6.60. The molecule has 3 aliphatic carbocycles. The van der Waals surface area contributed by atoms with Gasteiger partial charge in [0.05, 0.1) is 21.8 Å². The average molecular weight is 509 g/mol. The maximum Gasteiger partial charge on any atom is 0.239 e. The molecule has 0 aromatic heterocycles. The Morgan fingerprint density at radius 3 is 1.90 bits per heavy atom. The van der Waals surface area contributed by atoms with Gasteiger partial charge in [0, 0.05) is 10.4 Å². The Hall–Kier alpha value is -2.24. The summed E-state index contributed by atoms with van der Waals surface area (Å²) in [7, 11) is 0. The fourth-order valence-corrected chi connectivity index (χ4v) is 6.99. The number of carbonyl (C=O) groups excluding carboxylic acids is 2. The topological polar surface area (TPSA) is 37.4 Å². The van der Waals surface area contributed by atoms with Crippen molar-refractivity contribution in [2.45, 2.75) is 10.2 Å². The van der Waals surface area contributed by atoms with Crippen LogP contribution in [0.3, 0.4) is 0 Å². The number of benzene rings is 3. The molecule has 3 aromatic carbocycles. The summed E-state index contributed by atoms with van der Waals surface area (Å²) in [5.74, 6) is -1.22. The van der Waals surface area contributed by atoms with Crippen LogP contribution in [-0.4, -0.2) is 11.8 Å². The average Bonchev–Trinajstić information content (AvgIpc) is 3.01. The zero-order valence-electron chi connectivity index (χ0n) is 15.2. The number of carbonyl (C=O) groups is 2. The van der Waals surface area contributed by atoms with Crippen molar-refractivity contribution in [1.82, 2.24) is 0 Å². The van der Waals surface area contributed by atoms with Crippen molar-refractivity contribution in [3.8, 4) is 0 Å². The molecule has 0 N–H and O–H groups in total. The predicted octanol–water partition coefficient (Wildman–Crippen LogP) is 5.35. The minimum Gasteiger partial charge on any atom is -0.274 e. The van der Waals surface area contributed by atoms with Gasteiger partial charge in [-0.25, -0.2) is 4.90 Å². The van der Waals surface area contributed by atoms with Crippen molar-refractivity contribution in [2.24, 2.45) is 11.8 Å². The fourth-order valence-electron chi connectivity index (χ4n) is 5.52. The lowest BCUT2D eigenvalue weighted by atomic mass is 9.55. The van der Waals surface area contributed by atoms with Crippen molar-refractivity contribution in [1.29, 1.82) is 0 Å². The molecule has 2 amide bonds. The first kappa shape index (κ1) is 17.6. The lowest BCUT2D eigenvalue weighted by Gasteiger charge is -2.51. The maximum absolute atomic E-state index is 13.7. The lowest BCUT2D eigenvalue weighted by molar-refractivity contribution is -0.122. The van der Waals surface area contributed by atoms with E-state index in [9.17, 15) is 9.59 Å². The van der Waals surface area contributed by atoms with Crippen LogP contribution < -0.4 is 4.90 Å². The van der Waals surface area contributed by atoms with Gasteiger partial charge in [0.1, 0.15) is 0 Å². The normalized spacial score (nSPS) is 28.9. The van der Waals surface area contributed by atoms with Gasteiger partial charge in [-0.1, -0.05) is 80.4 Å². The van der Waals surface area contributed by atoms with Crippen LogP contribution in [-0.2, 0) is 13.9 Å². The summed E-state index contributed by atoms with van der Waals surface area (Å²) < 4.78 is 0.214. The van der Waals surface area contributed by atoms with Gasteiger partial charge < -0.3 is 0 Å². The number of imide groups is 1.